The van der Waals surface area contributed by atoms with Gasteiger partial charge in [0, 0.05) is 4.92 Å². The van der Waals surface area contributed by atoms with Crippen LogP contribution in [-0.2, 0) is 11.0 Å². The molecule has 0 fully saturated rings. The Bertz CT molecular complexity index is 473. The molecule has 0 saturated heterocycles. The normalized spacial score (nSPS) is 16.1. The number of nitro groups is 1. The minimum Gasteiger partial charge on any atom is -0.264 e. The van der Waals surface area contributed by atoms with E-state index < -0.39 is 16.5 Å². The molecule has 1 N–H and O–H groups in total. The Kier molecular flexibility index (Phi) is 5.20. The van der Waals surface area contributed by atoms with E-state index in [9.17, 15) is 14.3 Å². The lowest BCUT2D eigenvalue weighted by Crippen LogP contribution is -2.52. The van der Waals surface area contributed by atoms with Gasteiger partial charge in [-0.2, -0.15) is 0 Å². The minimum atomic E-state index is -1.45. The summed E-state index contributed by atoms with van der Waals surface area (Å²) in [5.74, 6) is -0.00713. The van der Waals surface area contributed by atoms with E-state index in [1.54, 1.807) is 19.1 Å². The molecule has 0 unspecified atom stereocenters. The largest absolute Gasteiger partial charge is 0.264 e. The second-order valence-electron chi connectivity index (χ2n) is 5.25. The van der Waals surface area contributed by atoms with Gasteiger partial charge in [0.25, 0.3) is 0 Å². The van der Waals surface area contributed by atoms with Gasteiger partial charge >= 0.3 is 0 Å². The van der Waals surface area contributed by atoms with Crippen molar-refractivity contribution >= 4 is 11.0 Å². The Morgan fingerprint density at radius 1 is 1.37 bits per heavy atom. The Balaban J connectivity index is 2.88. The fraction of sp³-hybridized carbons (Fsp3) is 0.538. The van der Waals surface area contributed by atoms with E-state index in [4.69, 9.17) is 0 Å². The monoisotopic (exact) mass is 284 g/mol. The summed E-state index contributed by atoms with van der Waals surface area (Å²) in [6.45, 7) is 7.17. The van der Waals surface area contributed by atoms with Gasteiger partial charge in [-0.05, 0) is 31.9 Å². The summed E-state index contributed by atoms with van der Waals surface area (Å²) in [6.07, 6.45) is 0. The first-order valence-electron chi connectivity index (χ1n) is 6.12. The molecule has 0 aliphatic heterocycles. The number of hydrogen-bond acceptors (Lipinski definition) is 3. The van der Waals surface area contributed by atoms with E-state index in [0.717, 1.165) is 5.56 Å². The van der Waals surface area contributed by atoms with E-state index in [-0.39, 0.29) is 17.4 Å². The Morgan fingerprint density at radius 2 is 1.89 bits per heavy atom. The molecular weight excluding hydrogens is 264 g/mol. The number of rotatable bonds is 6. The third kappa shape index (κ3) is 4.40. The van der Waals surface area contributed by atoms with Crippen LogP contribution in [0, 0.1) is 23.0 Å². The van der Waals surface area contributed by atoms with Gasteiger partial charge in [-0.1, -0.05) is 31.5 Å². The summed E-state index contributed by atoms with van der Waals surface area (Å²) in [5.41, 5.74) is 0.275. The van der Waals surface area contributed by atoms with Gasteiger partial charge in [-0.15, -0.1) is 0 Å². The minimum absolute atomic E-state index is 0.00713. The molecule has 0 aromatic heterocycles. The van der Waals surface area contributed by atoms with Gasteiger partial charge in [0.1, 0.15) is 11.0 Å². The molecule has 6 heteroatoms. The summed E-state index contributed by atoms with van der Waals surface area (Å²) < 4.78 is 15.1. The number of hydrogen-bond donors (Lipinski definition) is 1. The molecule has 0 heterocycles. The van der Waals surface area contributed by atoms with Gasteiger partial charge in [-0.3, -0.25) is 10.1 Å². The molecule has 1 aromatic rings. The molecule has 106 valence electrons. The quantitative estimate of drug-likeness (QED) is 0.643. The molecule has 2 atom stereocenters. The first kappa shape index (κ1) is 15.8. The van der Waals surface area contributed by atoms with Crippen LogP contribution in [0.5, 0.6) is 0 Å². The summed E-state index contributed by atoms with van der Waals surface area (Å²) in [5, 5.41) is 10.7. The van der Waals surface area contributed by atoms with Crippen LogP contribution in [0.15, 0.2) is 29.2 Å². The SMILES string of the molecule is Cc1ccc([S@](=O)N[C@@](C)(C[N+](=O)[O-])C(C)C)cc1. The Labute approximate surface area is 116 Å². The van der Waals surface area contributed by atoms with Gasteiger partial charge < -0.3 is 0 Å². The second-order valence-corrected chi connectivity index (χ2v) is 6.46. The summed E-state index contributed by atoms with van der Waals surface area (Å²) in [6, 6.07) is 7.28. The number of benzene rings is 1. The fourth-order valence-electron chi connectivity index (χ4n) is 1.53. The predicted molar refractivity (Wildman–Crippen MR) is 75.8 cm³/mol. The van der Waals surface area contributed by atoms with Gasteiger partial charge in [0.05, 0.1) is 10.4 Å². The van der Waals surface area contributed by atoms with Crippen LogP contribution in [0.3, 0.4) is 0 Å². The topological polar surface area (TPSA) is 72.2 Å². The van der Waals surface area contributed by atoms with E-state index in [2.05, 4.69) is 4.72 Å². The van der Waals surface area contributed by atoms with E-state index in [1.165, 1.54) is 0 Å². The van der Waals surface area contributed by atoms with Crippen LogP contribution in [0.4, 0.5) is 0 Å². The molecule has 0 aliphatic carbocycles. The average Bonchev–Trinajstić information content (AvgIpc) is 2.28. The van der Waals surface area contributed by atoms with Gasteiger partial charge in [0.2, 0.25) is 6.54 Å². The zero-order valence-corrected chi connectivity index (χ0v) is 12.5. The lowest BCUT2D eigenvalue weighted by molar-refractivity contribution is -0.491. The first-order chi connectivity index (χ1) is 8.74. The van der Waals surface area contributed by atoms with Crippen LogP contribution in [0.2, 0.25) is 0 Å². The first-order valence-corrected chi connectivity index (χ1v) is 7.27. The van der Waals surface area contributed by atoms with Crippen molar-refractivity contribution in [3.63, 3.8) is 0 Å². The van der Waals surface area contributed by atoms with Crippen molar-refractivity contribution in [2.75, 3.05) is 6.54 Å². The Hall–Kier alpha value is -1.27. The average molecular weight is 284 g/mol. The van der Waals surface area contributed by atoms with E-state index >= 15 is 0 Å². The highest BCUT2D eigenvalue weighted by Crippen LogP contribution is 2.19. The standard InChI is InChI=1S/C13H20N2O3S/c1-10(2)13(4,9-15(16)17)14-19(18)12-7-5-11(3)6-8-12/h5-8,10,14H,9H2,1-4H3/t13-,19-/m0/s1. The van der Waals surface area contributed by atoms with Crippen molar-refractivity contribution in [3.05, 3.63) is 39.9 Å². The highest BCUT2D eigenvalue weighted by atomic mass is 32.2. The molecule has 0 amide bonds. The zero-order chi connectivity index (χ0) is 14.6. The van der Waals surface area contributed by atoms with Crippen LogP contribution in [0.25, 0.3) is 0 Å². The molecule has 0 spiro atoms. The van der Waals surface area contributed by atoms with Crippen molar-refractivity contribution < 1.29 is 9.13 Å². The number of nitrogens with one attached hydrogen (secondary N) is 1. The lowest BCUT2D eigenvalue weighted by atomic mass is 9.90. The number of nitrogens with zero attached hydrogens (tertiary/aromatic N) is 1. The summed E-state index contributed by atoms with van der Waals surface area (Å²) >= 11 is 0. The molecule has 19 heavy (non-hydrogen) atoms. The van der Waals surface area contributed by atoms with Gasteiger partial charge in [0.15, 0.2) is 0 Å². The van der Waals surface area contributed by atoms with E-state index in [1.807, 2.05) is 32.9 Å². The molecule has 0 radical (unpaired) electrons. The molecular formula is C13H20N2O3S. The van der Waals surface area contributed by atoms with Crippen LogP contribution < -0.4 is 4.72 Å². The molecule has 5 nitrogen and oxygen atoms in total. The van der Waals surface area contributed by atoms with Gasteiger partial charge in [-0.25, -0.2) is 8.93 Å². The van der Waals surface area contributed by atoms with Crippen molar-refractivity contribution in [1.29, 1.82) is 0 Å². The third-order valence-electron chi connectivity index (χ3n) is 3.29. The molecule has 1 aromatic carbocycles. The van der Waals surface area contributed by atoms with Crippen LogP contribution >= 0.6 is 0 Å². The van der Waals surface area contributed by atoms with Crippen LogP contribution in [0.1, 0.15) is 26.3 Å². The highest BCUT2D eigenvalue weighted by molar-refractivity contribution is 7.83. The molecule has 0 aliphatic rings. The predicted octanol–water partition coefficient (Wildman–Crippen LogP) is 2.30. The van der Waals surface area contributed by atoms with Crippen molar-refractivity contribution in [3.8, 4) is 0 Å². The van der Waals surface area contributed by atoms with Crippen molar-refractivity contribution in [2.45, 2.75) is 38.1 Å². The van der Waals surface area contributed by atoms with E-state index in [0.29, 0.717) is 4.90 Å². The zero-order valence-electron chi connectivity index (χ0n) is 11.7. The Morgan fingerprint density at radius 3 is 2.32 bits per heavy atom. The maximum Gasteiger partial charge on any atom is 0.222 e. The summed E-state index contributed by atoms with van der Waals surface area (Å²) in [4.78, 5) is 11.0. The second kappa shape index (κ2) is 6.25. The smallest absolute Gasteiger partial charge is 0.222 e. The highest BCUT2D eigenvalue weighted by Gasteiger charge is 2.35. The van der Waals surface area contributed by atoms with Crippen molar-refractivity contribution in [1.82, 2.24) is 4.72 Å². The molecule has 0 saturated carbocycles. The number of aryl methyl sites for hydroxylation is 1. The van der Waals surface area contributed by atoms with Crippen molar-refractivity contribution in [2.24, 2.45) is 5.92 Å². The lowest BCUT2D eigenvalue weighted by Gasteiger charge is -2.30. The van der Waals surface area contributed by atoms with Crippen LogP contribution in [-0.4, -0.2) is 21.2 Å². The maximum absolute atomic E-state index is 12.2. The molecule has 0 bridgehead atoms. The third-order valence-corrected chi connectivity index (χ3v) is 4.64. The maximum atomic E-state index is 12.2. The summed E-state index contributed by atoms with van der Waals surface area (Å²) in [7, 11) is -1.45. The fourth-order valence-corrected chi connectivity index (χ4v) is 2.76. The molecule has 1 rings (SSSR count).